The molecule has 0 aliphatic heterocycles. The van der Waals surface area contributed by atoms with Crippen molar-refractivity contribution in [1.29, 1.82) is 0 Å². The van der Waals surface area contributed by atoms with Gasteiger partial charge in [-0.3, -0.25) is 9.59 Å². The first kappa shape index (κ1) is 36.0. The Kier molecular flexibility index (Phi) is 14.2. The van der Waals surface area contributed by atoms with Gasteiger partial charge in [0.1, 0.15) is 18.4 Å². The van der Waals surface area contributed by atoms with Crippen molar-refractivity contribution in [2.75, 3.05) is 6.61 Å². The molecule has 0 aromatic heterocycles. The summed E-state index contributed by atoms with van der Waals surface area (Å²) in [6.07, 6.45) is 0.956. The number of hydrazone groups is 1. The third kappa shape index (κ3) is 10.9. The van der Waals surface area contributed by atoms with Crippen LogP contribution in [0, 0.1) is 9.49 Å². The molecule has 3 aromatic rings. The Morgan fingerprint density at radius 1 is 0.909 bits per heavy atom. The lowest BCUT2D eigenvalue weighted by molar-refractivity contribution is -0.132. The molecule has 13 heteroatoms. The average molecular weight is 795 g/mol. The second-order valence-electron chi connectivity index (χ2n) is 10.0. The maximum Gasteiger partial charge on any atom is 0.262 e. The SMILES string of the molecule is CCOc1cc(/C=N\NC(=O)[C@H](CC(C)C)NC(=O)[C@@H](C)Oc2ccc(Cl)cc2Cl)cc(I)c1OCc1ccc(Cl)cc1Cl. The lowest BCUT2D eigenvalue weighted by atomic mass is 10.0. The highest BCUT2D eigenvalue weighted by Gasteiger charge is 2.25. The number of carbonyl (C=O) groups is 2. The van der Waals surface area contributed by atoms with Crippen LogP contribution in [0.1, 0.15) is 45.2 Å². The van der Waals surface area contributed by atoms with E-state index < -0.39 is 24.0 Å². The van der Waals surface area contributed by atoms with Gasteiger partial charge >= 0.3 is 0 Å². The highest BCUT2D eigenvalue weighted by atomic mass is 127. The Hall–Kier alpha value is -2.44. The summed E-state index contributed by atoms with van der Waals surface area (Å²) in [5.41, 5.74) is 3.97. The van der Waals surface area contributed by atoms with Crippen molar-refractivity contribution in [2.45, 2.75) is 52.9 Å². The molecule has 0 unspecified atom stereocenters. The van der Waals surface area contributed by atoms with E-state index in [-0.39, 0.29) is 17.5 Å². The largest absolute Gasteiger partial charge is 0.490 e. The number of hydrogen-bond donors (Lipinski definition) is 2. The molecule has 0 heterocycles. The summed E-state index contributed by atoms with van der Waals surface area (Å²) in [5, 5.41) is 8.64. The van der Waals surface area contributed by atoms with Crippen LogP contribution in [0.4, 0.5) is 0 Å². The van der Waals surface area contributed by atoms with Gasteiger partial charge in [-0.2, -0.15) is 5.10 Å². The molecule has 0 aliphatic rings. The summed E-state index contributed by atoms with van der Waals surface area (Å²) in [7, 11) is 0. The van der Waals surface area contributed by atoms with Gasteiger partial charge in [-0.25, -0.2) is 5.43 Å². The smallest absolute Gasteiger partial charge is 0.262 e. The first-order valence-electron chi connectivity index (χ1n) is 13.7. The molecule has 8 nitrogen and oxygen atoms in total. The Morgan fingerprint density at radius 2 is 1.59 bits per heavy atom. The van der Waals surface area contributed by atoms with Crippen molar-refractivity contribution in [2.24, 2.45) is 11.0 Å². The van der Waals surface area contributed by atoms with Crippen LogP contribution in [-0.4, -0.2) is 36.8 Å². The van der Waals surface area contributed by atoms with Crippen molar-refractivity contribution in [3.8, 4) is 17.2 Å². The predicted octanol–water partition coefficient (Wildman–Crippen LogP) is 8.33. The molecule has 0 aliphatic carbocycles. The van der Waals surface area contributed by atoms with Gasteiger partial charge in [0, 0.05) is 20.6 Å². The Morgan fingerprint density at radius 3 is 2.23 bits per heavy atom. The standard InChI is InChI=1S/C31H32Cl4IN3O5/c1-5-42-28-12-19(11-25(36)29(28)43-16-20-6-7-21(32)13-23(20)34)15-37-39-31(41)26(10-17(2)3)38-30(40)18(4)44-27-9-8-22(33)14-24(27)35/h6-9,11-15,17-18,26H,5,10,16H2,1-4H3,(H,38,40)(H,39,41)/b37-15-/t18-,26+/m1/s1. The summed E-state index contributed by atoms with van der Waals surface area (Å²) >= 11 is 26.5. The molecule has 236 valence electrons. The zero-order valence-corrected chi connectivity index (χ0v) is 29.6. The number of amides is 2. The third-order valence-electron chi connectivity index (χ3n) is 6.01. The number of carbonyl (C=O) groups excluding carboxylic acids is 2. The van der Waals surface area contributed by atoms with E-state index >= 15 is 0 Å². The summed E-state index contributed by atoms with van der Waals surface area (Å²) < 4.78 is 18.3. The summed E-state index contributed by atoms with van der Waals surface area (Å²) in [5.74, 6) is 0.529. The van der Waals surface area contributed by atoms with Crippen LogP contribution in [-0.2, 0) is 16.2 Å². The van der Waals surface area contributed by atoms with Crippen LogP contribution in [0.3, 0.4) is 0 Å². The molecule has 3 aromatic carbocycles. The lowest BCUT2D eigenvalue weighted by Gasteiger charge is -2.22. The Labute approximate surface area is 290 Å². The molecule has 0 radical (unpaired) electrons. The number of rotatable bonds is 14. The molecule has 2 N–H and O–H groups in total. The van der Waals surface area contributed by atoms with E-state index in [1.807, 2.05) is 26.8 Å². The van der Waals surface area contributed by atoms with E-state index in [9.17, 15) is 9.59 Å². The Balaban J connectivity index is 1.67. The number of nitrogens with one attached hydrogen (secondary N) is 2. The van der Waals surface area contributed by atoms with Crippen LogP contribution in [0.15, 0.2) is 53.6 Å². The van der Waals surface area contributed by atoms with Crippen LogP contribution < -0.4 is 25.0 Å². The molecule has 0 saturated heterocycles. The van der Waals surface area contributed by atoms with Crippen molar-refractivity contribution >= 4 is 87.0 Å². The average Bonchev–Trinajstić information content (AvgIpc) is 2.94. The number of halogens is 5. The number of nitrogens with zero attached hydrogens (tertiary/aromatic N) is 1. The molecule has 2 amide bonds. The fraction of sp³-hybridized carbons (Fsp3) is 0.323. The highest BCUT2D eigenvalue weighted by Crippen LogP contribution is 2.35. The van der Waals surface area contributed by atoms with E-state index in [1.165, 1.54) is 12.3 Å². The molecule has 0 spiro atoms. The van der Waals surface area contributed by atoms with Gasteiger partial charge in [-0.05, 0) is 96.8 Å². The van der Waals surface area contributed by atoms with Gasteiger partial charge in [-0.15, -0.1) is 0 Å². The number of benzene rings is 3. The van der Waals surface area contributed by atoms with Crippen molar-refractivity contribution in [3.05, 3.63) is 83.3 Å². The first-order chi connectivity index (χ1) is 20.9. The van der Waals surface area contributed by atoms with Crippen molar-refractivity contribution < 1.29 is 23.8 Å². The molecule has 0 fully saturated rings. The maximum absolute atomic E-state index is 13.1. The zero-order chi connectivity index (χ0) is 32.4. The van der Waals surface area contributed by atoms with Crippen LogP contribution in [0.25, 0.3) is 0 Å². The minimum Gasteiger partial charge on any atom is -0.490 e. The Bertz CT molecular complexity index is 1510. The van der Waals surface area contributed by atoms with Gasteiger partial charge in [0.25, 0.3) is 11.8 Å². The number of ether oxygens (including phenoxy) is 3. The summed E-state index contributed by atoms with van der Waals surface area (Å²) in [6, 6.07) is 12.7. The van der Waals surface area contributed by atoms with Gasteiger partial charge in [-0.1, -0.05) is 66.3 Å². The van der Waals surface area contributed by atoms with Crippen LogP contribution >= 0.6 is 69.0 Å². The fourth-order valence-electron chi connectivity index (χ4n) is 3.91. The maximum atomic E-state index is 13.1. The monoisotopic (exact) mass is 793 g/mol. The van der Waals surface area contributed by atoms with Gasteiger partial charge in [0.2, 0.25) is 0 Å². The van der Waals surface area contributed by atoms with Gasteiger partial charge < -0.3 is 19.5 Å². The number of hydrogen-bond acceptors (Lipinski definition) is 6. The fourth-order valence-corrected chi connectivity index (χ4v) is 5.61. The molecule has 0 saturated carbocycles. The van der Waals surface area contributed by atoms with E-state index in [0.717, 1.165) is 9.13 Å². The van der Waals surface area contributed by atoms with Crippen LogP contribution in [0.5, 0.6) is 17.2 Å². The van der Waals surface area contributed by atoms with E-state index in [0.29, 0.717) is 50.9 Å². The third-order valence-corrected chi connectivity index (χ3v) is 7.93. The topological polar surface area (TPSA) is 98.2 Å². The molecule has 3 rings (SSSR count). The lowest BCUT2D eigenvalue weighted by Crippen LogP contribution is -2.49. The second kappa shape index (κ2) is 17.3. The highest BCUT2D eigenvalue weighted by molar-refractivity contribution is 14.1. The summed E-state index contributed by atoms with van der Waals surface area (Å²) in [4.78, 5) is 26.0. The zero-order valence-electron chi connectivity index (χ0n) is 24.4. The van der Waals surface area contributed by atoms with E-state index in [2.05, 4.69) is 38.4 Å². The minimum atomic E-state index is -0.921. The molecular weight excluding hydrogens is 763 g/mol. The molecule has 0 bridgehead atoms. The first-order valence-corrected chi connectivity index (χ1v) is 16.2. The molecule has 2 atom stereocenters. The summed E-state index contributed by atoms with van der Waals surface area (Å²) in [6.45, 7) is 7.96. The van der Waals surface area contributed by atoms with Crippen LogP contribution in [0.2, 0.25) is 20.1 Å². The van der Waals surface area contributed by atoms with E-state index in [1.54, 1.807) is 43.3 Å². The van der Waals surface area contributed by atoms with Crippen molar-refractivity contribution in [3.63, 3.8) is 0 Å². The van der Waals surface area contributed by atoms with Crippen molar-refractivity contribution in [1.82, 2.24) is 10.7 Å². The second-order valence-corrected chi connectivity index (χ2v) is 12.9. The van der Waals surface area contributed by atoms with Gasteiger partial charge in [0.15, 0.2) is 17.6 Å². The van der Waals surface area contributed by atoms with E-state index in [4.69, 9.17) is 60.6 Å². The normalized spacial score (nSPS) is 12.6. The minimum absolute atomic E-state index is 0.114. The predicted molar refractivity (Wildman–Crippen MR) is 185 cm³/mol. The molecule has 44 heavy (non-hydrogen) atoms. The quantitative estimate of drug-likeness (QED) is 0.0973. The van der Waals surface area contributed by atoms with Gasteiger partial charge in [0.05, 0.1) is 21.4 Å². The molecular formula is C31H32Cl4IN3O5.